The number of aryl methyl sites for hydroxylation is 1. The van der Waals surface area contributed by atoms with Crippen LogP contribution in [0.5, 0.6) is 0 Å². The van der Waals surface area contributed by atoms with E-state index in [0.717, 1.165) is 27.8 Å². The Morgan fingerprint density at radius 1 is 1.20 bits per heavy atom. The molecule has 0 aliphatic heterocycles. The van der Waals surface area contributed by atoms with Gasteiger partial charge in [-0.05, 0) is 55.4 Å². The van der Waals surface area contributed by atoms with E-state index in [9.17, 15) is 4.79 Å². The fraction of sp³-hybridized carbons (Fsp3) is 0.188. The first-order valence-corrected chi connectivity index (χ1v) is 7.20. The highest BCUT2D eigenvalue weighted by Crippen LogP contribution is 2.18. The van der Waals surface area contributed by atoms with Gasteiger partial charge in [0.05, 0.1) is 0 Å². The smallest absolute Gasteiger partial charge is 0.255 e. The highest BCUT2D eigenvalue weighted by atomic mass is 79.9. The lowest BCUT2D eigenvalue weighted by atomic mass is 10.1. The van der Waals surface area contributed by atoms with Gasteiger partial charge in [-0.1, -0.05) is 28.1 Å². The van der Waals surface area contributed by atoms with Crippen LogP contribution in [0.1, 0.15) is 21.5 Å². The van der Waals surface area contributed by atoms with E-state index < -0.39 is 0 Å². The zero-order chi connectivity index (χ0) is 14.5. The molecule has 2 N–H and O–H groups in total. The number of rotatable bonds is 4. The van der Waals surface area contributed by atoms with Gasteiger partial charge in [0.2, 0.25) is 0 Å². The van der Waals surface area contributed by atoms with Gasteiger partial charge in [0.15, 0.2) is 0 Å². The highest BCUT2D eigenvalue weighted by Gasteiger charge is 2.07. The van der Waals surface area contributed by atoms with E-state index in [1.54, 1.807) is 0 Å². The number of carbonyl (C=O) groups excluding carboxylic acids is 1. The SMILES string of the molecule is CNCc1cccc(NC(=O)c2ccc(Br)c(C)c2)c1. The van der Waals surface area contributed by atoms with Crippen molar-refractivity contribution in [3.63, 3.8) is 0 Å². The van der Waals surface area contributed by atoms with Crippen LogP contribution in [-0.2, 0) is 6.54 Å². The number of amides is 1. The molecule has 0 bridgehead atoms. The third-order valence-corrected chi connectivity index (χ3v) is 3.88. The number of benzene rings is 2. The predicted molar refractivity (Wildman–Crippen MR) is 86.0 cm³/mol. The molecule has 0 heterocycles. The van der Waals surface area contributed by atoms with Crippen molar-refractivity contribution in [2.24, 2.45) is 0 Å². The fourth-order valence-electron chi connectivity index (χ4n) is 1.95. The molecule has 2 rings (SSSR count). The summed E-state index contributed by atoms with van der Waals surface area (Å²) in [6.07, 6.45) is 0. The Kier molecular flexibility index (Phi) is 4.93. The normalized spacial score (nSPS) is 10.3. The van der Waals surface area contributed by atoms with Crippen molar-refractivity contribution in [2.45, 2.75) is 13.5 Å². The molecule has 20 heavy (non-hydrogen) atoms. The largest absolute Gasteiger partial charge is 0.322 e. The van der Waals surface area contributed by atoms with Crippen LogP contribution in [0.4, 0.5) is 5.69 Å². The van der Waals surface area contributed by atoms with Gasteiger partial charge in [0.25, 0.3) is 5.91 Å². The van der Waals surface area contributed by atoms with Crippen LogP contribution in [0.25, 0.3) is 0 Å². The van der Waals surface area contributed by atoms with Crippen LogP contribution in [-0.4, -0.2) is 13.0 Å². The quantitative estimate of drug-likeness (QED) is 0.895. The Morgan fingerprint density at radius 3 is 2.70 bits per heavy atom. The van der Waals surface area contributed by atoms with Gasteiger partial charge in [-0.3, -0.25) is 4.79 Å². The molecular formula is C16H17BrN2O. The minimum absolute atomic E-state index is 0.0952. The minimum Gasteiger partial charge on any atom is -0.322 e. The Morgan fingerprint density at radius 2 is 2.00 bits per heavy atom. The van der Waals surface area contributed by atoms with Crippen molar-refractivity contribution >= 4 is 27.5 Å². The van der Waals surface area contributed by atoms with Crippen LogP contribution in [0, 0.1) is 6.92 Å². The molecule has 2 aromatic carbocycles. The second-order valence-electron chi connectivity index (χ2n) is 4.65. The lowest BCUT2D eigenvalue weighted by Gasteiger charge is -2.08. The molecule has 0 aliphatic carbocycles. The molecule has 1 amide bonds. The fourth-order valence-corrected chi connectivity index (χ4v) is 2.20. The summed E-state index contributed by atoms with van der Waals surface area (Å²) in [5.41, 5.74) is 3.65. The maximum absolute atomic E-state index is 12.2. The summed E-state index contributed by atoms with van der Waals surface area (Å²) in [7, 11) is 1.90. The summed E-state index contributed by atoms with van der Waals surface area (Å²) in [4.78, 5) is 12.2. The molecule has 0 spiro atoms. The molecule has 0 atom stereocenters. The van der Waals surface area contributed by atoms with E-state index in [0.29, 0.717) is 5.56 Å². The van der Waals surface area contributed by atoms with Gasteiger partial charge in [0, 0.05) is 22.3 Å². The summed E-state index contributed by atoms with van der Waals surface area (Å²) in [5.74, 6) is -0.0952. The van der Waals surface area contributed by atoms with Crippen molar-refractivity contribution < 1.29 is 4.79 Å². The molecule has 0 saturated carbocycles. The van der Waals surface area contributed by atoms with E-state index in [1.165, 1.54) is 0 Å². The third kappa shape index (κ3) is 3.68. The van der Waals surface area contributed by atoms with Gasteiger partial charge >= 0.3 is 0 Å². The molecular weight excluding hydrogens is 316 g/mol. The molecule has 0 saturated heterocycles. The third-order valence-electron chi connectivity index (χ3n) is 2.99. The predicted octanol–water partition coefficient (Wildman–Crippen LogP) is 3.73. The number of anilines is 1. The number of nitrogens with one attached hydrogen (secondary N) is 2. The first-order valence-electron chi connectivity index (χ1n) is 6.41. The maximum Gasteiger partial charge on any atom is 0.255 e. The number of hydrogen-bond donors (Lipinski definition) is 2. The van der Waals surface area contributed by atoms with E-state index >= 15 is 0 Å². The lowest BCUT2D eigenvalue weighted by molar-refractivity contribution is 0.102. The molecule has 4 heteroatoms. The van der Waals surface area contributed by atoms with Crippen LogP contribution < -0.4 is 10.6 Å². The molecule has 0 radical (unpaired) electrons. The van der Waals surface area contributed by atoms with Gasteiger partial charge in [-0.25, -0.2) is 0 Å². The Hall–Kier alpha value is -1.65. The lowest BCUT2D eigenvalue weighted by Crippen LogP contribution is -2.12. The second kappa shape index (κ2) is 6.68. The van der Waals surface area contributed by atoms with Gasteiger partial charge in [0.1, 0.15) is 0 Å². The van der Waals surface area contributed by atoms with E-state index in [4.69, 9.17) is 0 Å². The summed E-state index contributed by atoms with van der Waals surface area (Å²) in [6.45, 7) is 2.75. The van der Waals surface area contributed by atoms with E-state index in [2.05, 4.69) is 26.6 Å². The van der Waals surface area contributed by atoms with Crippen LogP contribution >= 0.6 is 15.9 Å². The number of halogens is 1. The number of carbonyl (C=O) groups is 1. The van der Waals surface area contributed by atoms with Crippen LogP contribution in [0.3, 0.4) is 0 Å². The summed E-state index contributed by atoms with van der Waals surface area (Å²) in [6, 6.07) is 13.4. The van der Waals surface area contributed by atoms with Crippen LogP contribution in [0.15, 0.2) is 46.9 Å². The van der Waals surface area contributed by atoms with Gasteiger partial charge in [-0.15, -0.1) is 0 Å². The summed E-state index contributed by atoms with van der Waals surface area (Å²) < 4.78 is 1.00. The average molecular weight is 333 g/mol. The topological polar surface area (TPSA) is 41.1 Å². The van der Waals surface area contributed by atoms with Crippen molar-refractivity contribution in [1.82, 2.24) is 5.32 Å². The summed E-state index contributed by atoms with van der Waals surface area (Å²) in [5, 5.41) is 6.01. The van der Waals surface area contributed by atoms with Crippen molar-refractivity contribution in [3.05, 3.63) is 63.6 Å². The van der Waals surface area contributed by atoms with E-state index in [1.807, 2.05) is 56.4 Å². The zero-order valence-electron chi connectivity index (χ0n) is 11.5. The molecule has 0 unspecified atom stereocenters. The van der Waals surface area contributed by atoms with Crippen LogP contribution in [0.2, 0.25) is 0 Å². The Labute approximate surface area is 127 Å². The Balaban J connectivity index is 2.14. The molecule has 3 nitrogen and oxygen atoms in total. The maximum atomic E-state index is 12.2. The molecule has 0 aromatic heterocycles. The van der Waals surface area contributed by atoms with Crippen molar-refractivity contribution in [1.29, 1.82) is 0 Å². The molecule has 0 aliphatic rings. The minimum atomic E-state index is -0.0952. The van der Waals surface area contributed by atoms with Crippen molar-refractivity contribution in [2.75, 3.05) is 12.4 Å². The second-order valence-corrected chi connectivity index (χ2v) is 5.50. The highest BCUT2D eigenvalue weighted by molar-refractivity contribution is 9.10. The average Bonchev–Trinajstić information content (AvgIpc) is 2.42. The molecule has 104 valence electrons. The first-order chi connectivity index (χ1) is 9.60. The standard InChI is InChI=1S/C16H17BrN2O/c1-11-8-13(6-7-15(11)17)16(20)19-14-5-3-4-12(9-14)10-18-2/h3-9,18H,10H2,1-2H3,(H,19,20). The summed E-state index contributed by atoms with van der Waals surface area (Å²) >= 11 is 3.43. The van der Waals surface area contributed by atoms with Gasteiger partial charge < -0.3 is 10.6 Å². The Bertz CT molecular complexity index is 626. The molecule has 2 aromatic rings. The zero-order valence-corrected chi connectivity index (χ0v) is 13.1. The number of hydrogen-bond acceptors (Lipinski definition) is 2. The van der Waals surface area contributed by atoms with Crippen molar-refractivity contribution in [3.8, 4) is 0 Å². The molecule has 0 fully saturated rings. The van der Waals surface area contributed by atoms with Gasteiger partial charge in [-0.2, -0.15) is 0 Å². The van der Waals surface area contributed by atoms with E-state index in [-0.39, 0.29) is 5.91 Å². The first kappa shape index (κ1) is 14.8. The monoisotopic (exact) mass is 332 g/mol.